The van der Waals surface area contributed by atoms with Crippen molar-refractivity contribution in [2.75, 3.05) is 6.51 Å². The van der Waals surface area contributed by atoms with Gasteiger partial charge in [-0.25, -0.2) is 4.39 Å². The monoisotopic (exact) mass is 156 g/mol. The quantitative estimate of drug-likeness (QED) is 0.578. The number of rotatable bonds is 2. The molecule has 0 saturated heterocycles. The number of halogens is 2. The summed E-state index contributed by atoms with van der Waals surface area (Å²) in [6, 6.07) is 3.85. The molecule has 0 fully saturated rings. The Morgan fingerprint density at radius 3 is 2.73 bits per heavy atom. The summed E-state index contributed by atoms with van der Waals surface area (Å²) in [7, 11) is 1.71. The van der Waals surface area contributed by atoms with Crippen LogP contribution in [0, 0.1) is 11.6 Å². The molecule has 0 aliphatic heterocycles. The van der Waals surface area contributed by atoms with Crippen LogP contribution in [0.15, 0.2) is 18.2 Å². The van der Waals surface area contributed by atoms with E-state index in [0.29, 0.717) is 6.51 Å². The molecular weight excluding hydrogens is 149 g/mol. The SMILES string of the molecule is BCOc1cccc(F)c1F. The van der Waals surface area contributed by atoms with Crippen molar-refractivity contribution in [3.63, 3.8) is 0 Å². The van der Waals surface area contributed by atoms with Crippen molar-refractivity contribution in [2.45, 2.75) is 0 Å². The molecule has 0 amide bonds. The van der Waals surface area contributed by atoms with E-state index in [-0.39, 0.29) is 5.75 Å². The van der Waals surface area contributed by atoms with Crippen molar-refractivity contribution in [3.05, 3.63) is 29.8 Å². The summed E-state index contributed by atoms with van der Waals surface area (Å²) >= 11 is 0. The highest BCUT2D eigenvalue weighted by Gasteiger charge is 2.06. The first-order valence-electron chi connectivity index (χ1n) is 3.32. The Morgan fingerprint density at radius 2 is 2.09 bits per heavy atom. The molecule has 1 rings (SSSR count). The van der Waals surface area contributed by atoms with Gasteiger partial charge in [0.2, 0.25) is 5.82 Å². The topological polar surface area (TPSA) is 9.23 Å². The van der Waals surface area contributed by atoms with E-state index in [1.54, 1.807) is 7.85 Å². The second kappa shape index (κ2) is 3.37. The van der Waals surface area contributed by atoms with Crippen molar-refractivity contribution in [1.29, 1.82) is 0 Å². The highest BCUT2D eigenvalue weighted by atomic mass is 19.2. The van der Waals surface area contributed by atoms with Crippen LogP contribution in [0.2, 0.25) is 0 Å². The van der Waals surface area contributed by atoms with Crippen LogP contribution in [0.5, 0.6) is 5.75 Å². The zero-order valence-electron chi connectivity index (χ0n) is 6.10. The van der Waals surface area contributed by atoms with Gasteiger partial charge >= 0.3 is 0 Å². The molecule has 0 aliphatic rings. The van der Waals surface area contributed by atoms with E-state index in [9.17, 15) is 8.78 Å². The fourth-order valence-electron chi connectivity index (χ4n) is 0.751. The summed E-state index contributed by atoms with van der Waals surface area (Å²) in [6.07, 6.45) is 0. The summed E-state index contributed by atoms with van der Waals surface area (Å²) in [5, 5.41) is 0. The van der Waals surface area contributed by atoms with Gasteiger partial charge in [-0.1, -0.05) is 6.07 Å². The van der Waals surface area contributed by atoms with Gasteiger partial charge in [-0.3, -0.25) is 0 Å². The minimum Gasteiger partial charge on any atom is -0.500 e. The van der Waals surface area contributed by atoms with E-state index in [0.717, 1.165) is 6.07 Å². The van der Waals surface area contributed by atoms with Crippen LogP contribution >= 0.6 is 0 Å². The number of hydrogen-bond donors (Lipinski definition) is 0. The molecule has 58 valence electrons. The van der Waals surface area contributed by atoms with Crippen LogP contribution in [-0.4, -0.2) is 14.4 Å². The first-order valence-corrected chi connectivity index (χ1v) is 3.32. The van der Waals surface area contributed by atoms with E-state index in [1.807, 2.05) is 0 Å². The maximum absolute atomic E-state index is 12.7. The lowest BCUT2D eigenvalue weighted by atomic mass is 10.2. The first-order chi connectivity index (χ1) is 5.25. The molecule has 0 bridgehead atoms. The number of ether oxygens (including phenoxy) is 1. The molecule has 0 heterocycles. The Bertz CT molecular complexity index is 252. The van der Waals surface area contributed by atoms with Gasteiger partial charge in [0.1, 0.15) is 0 Å². The van der Waals surface area contributed by atoms with Gasteiger partial charge < -0.3 is 4.74 Å². The average Bonchev–Trinajstić information content (AvgIpc) is 1.99. The highest BCUT2D eigenvalue weighted by molar-refractivity contribution is 6.08. The average molecular weight is 156 g/mol. The Balaban J connectivity index is 2.96. The van der Waals surface area contributed by atoms with E-state index in [4.69, 9.17) is 4.74 Å². The number of benzene rings is 1. The van der Waals surface area contributed by atoms with Crippen molar-refractivity contribution in [2.24, 2.45) is 0 Å². The van der Waals surface area contributed by atoms with Crippen LogP contribution in [0.1, 0.15) is 0 Å². The molecular formula is C7H7BF2O. The summed E-state index contributed by atoms with van der Waals surface area (Å²) < 4.78 is 29.9. The zero-order chi connectivity index (χ0) is 8.27. The molecule has 0 N–H and O–H groups in total. The van der Waals surface area contributed by atoms with E-state index in [2.05, 4.69) is 0 Å². The lowest BCUT2D eigenvalue weighted by Crippen LogP contribution is -1.98. The lowest BCUT2D eigenvalue weighted by Gasteiger charge is -2.03. The summed E-state index contributed by atoms with van der Waals surface area (Å²) in [6.45, 7) is 0.334. The van der Waals surface area contributed by atoms with Crippen LogP contribution < -0.4 is 4.74 Å². The molecule has 1 aromatic rings. The summed E-state index contributed by atoms with van der Waals surface area (Å²) in [5.74, 6) is -1.84. The van der Waals surface area contributed by atoms with E-state index < -0.39 is 11.6 Å². The van der Waals surface area contributed by atoms with Gasteiger partial charge in [-0.2, -0.15) is 4.39 Å². The van der Waals surface area contributed by atoms with Gasteiger partial charge in [0.15, 0.2) is 19.4 Å². The molecule has 1 aromatic carbocycles. The molecule has 4 heteroatoms. The first kappa shape index (κ1) is 8.05. The van der Waals surface area contributed by atoms with Gasteiger partial charge in [0, 0.05) is 0 Å². The fraction of sp³-hybridized carbons (Fsp3) is 0.143. The molecule has 0 aliphatic carbocycles. The summed E-state index contributed by atoms with van der Waals surface area (Å²) in [4.78, 5) is 0. The van der Waals surface area contributed by atoms with Crippen LogP contribution in [0.3, 0.4) is 0 Å². The molecule has 0 spiro atoms. The largest absolute Gasteiger partial charge is 0.500 e. The third-order valence-corrected chi connectivity index (χ3v) is 1.22. The zero-order valence-corrected chi connectivity index (χ0v) is 6.10. The van der Waals surface area contributed by atoms with Crippen LogP contribution in [-0.2, 0) is 0 Å². The maximum Gasteiger partial charge on any atom is 0.200 e. The highest BCUT2D eigenvalue weighted by Crippen LogP contribution is 2.18. The van der Waals surface area contributed by atoms with E-state index in [1.165, 1.54) is 12.1 Å². The molecule has 0 aromatic heterocycles. The fourth-order valence-corrected chi connectivity index (χ4v) is 0.751. The van der Waals surface area contributed by atoms with Crippen molar-refractivity contribution >= 4 is 7.85 Å². The van der Waals surface area contributed by atoms with Gasteiger partial charge in [0.05, 0.1) is 6.51 Å². The Hall–Kier alpha value is -1.06. The van der Waals surface area contributed by atoms with Gasteiger partial charge in [0.25, 0.3) is 0 Å². The van der Waals surface area contributed by atoms with Gasteiger partial charge in [-0.05, 0) is 12.1 Å². The Morgan fingerprint density at radius 1 is 1.36 bits per heavy atom. The van der Waals surface area contributed by atoms with E-state index >= 15 is 0 Å². The smallest absolute Gasteiger partial charge is 0.200 e. The predicted molar refractivity (Wildman–Crippen MR) is 40.4 cm³/mol. The standard InChI is InChI=1S/C7H7BF2O/c8-4-11-6-3-1-2-5(9)7(6)10/h1-3H,4,8H2. The molecule has 11 heavy (non-hydrogen) atoms. The lowest BCUT2D eigenvalue weighted by molar-refractivity contribution is 0.351. The Labute approximate surface area is 64.4 Å². The molecule has 0 unspecified atom stereocenters. The minimum absolute atomic E-state index is 0.0347. The summed E-state index contributed by atoms with van der Waals surface area (Å²) in [5.41, 5.74) is 0. The third kappa shape index (κ3) is 1.70. The molecule has 1 nitrogen and oxygen atoms in total. The van der Waals surface area contributed by atoms with Crippen molar-refractivity contribution in [1.82, 2.24) is 0 Å². The van der Waals surface area contributed by atoms with Crippen molar-refractivity contribution < 1.29 is 13.5 Å². The molecule has 0 saturated carbocycles. The molecule has 0 radical (unpaired) electrons. The van der Waals surface area contributed by atoms with Crippen LogP contribution in [0.25, 0.3) is 0 Å². The second-order valence-electron chi connectivity index (χ2n) is 1.98. The van der Waals surface area contributed by atoms with Gasteiger partial charge in [-0.15, -0.1) is 0 Å². The maximum atomic E-state index is 12.7. The second-order valence-corrected chi connectivity index (χ2v) is 1.98. The Kier molecular flexibility index (Phi) is 2.46. The predicted octanol–water partition coefficient (Wildman–Crippen LogP) is 0.934. The third-order valence-electron chi connectivity index (χ3n) is 1.22. The minimum atomic E-state index is -0.922. The van der Waals surface area contributed by atoms with Crippen molar-refractivity contribution in [3.8, 4) is 5.75 Å². The van der Waals surface area contributed by atoms with Crippen LogP contribution in [0.4, 0.5) is 8.78 Å². The molecule has 0 atom stereocenters. The number of hydrogen-bond acceptors (Lipinski definition) is 1. The normalized spacial score (nSPS) is 9.64.